The van der Waals surface area contributed by atoms with Gasteiger partial charge in [-0.05, 0) is 36.1 Å². The van der Waals surface area contributed by atoms with Gasteiger partial charge >= 0.3 is 6.09 Å². The fraction of sp³-hybridized carbons (Fsp3) is 0.300. The van der Waals surface area contributed by atoms with Crippen LogP contribution in [0.15, 0.2) is 42.5 Å². The van der Waals surface area contributed by atoms with Crippen molar-refractivity contribution >= 4 is 12.0 Å². The van der Waals surface area contributed by atoms with E-state index in [2.05, 4.69) is 0 Å². The quantitative estimate of drug-likeness (QED) is 0.869. The average molecular weight is 375 g/mol. The first-order valence-corrected chi connectivity index (χ1v) is 8.57. The number of cyclic esters (lactones) is 1. The molecule has 142 valence electrons. The Bertz CT molecular complexity index is 833. The lowest BCUT2D eigenvalue weighted by atomic mass is 9.98. The standard InChI is InChI=1S/C20H19F2NO4/c1-12(7-14-9-16(21)18(24)17(22)10-14)19(25)23-15(11-27-20(23)26)8-13-5-3-2-4-6-13/h2-6,9-10,12,15,24H,7-8,11H2,1H3/t12?,15-/m1/s1. The summed E-state index contributed by atoms with van der Waals surface area (Å²) in [6, 6.07) is 10.9. The molecule has 1 aliphatic rings. The number of benzene rings is 2. The number of amides is 2. The highest BCUT2D eigenvalue weighted by Crippen LogP contribution is 2.25. The van der Waals surface area contributed by atoms with Crippen LogP contribution in [-0.2, 0) is 22.4 Å². The van der Waals surface area contributed by atoms with Crippen LogP contribution in [0.3, 0.4) is 0 Å². The molecular formula is C20H19F2NO4. The van der Waals surface area contributed by atoms with Crippen molar-refractivity contribution in [3.05, 3.63) is 65.2 Å². The molecule has 1 aliphatic heterocycles. The fourth-order valence-electron chi connectivity index (χ4n) is 3.18. The van der Waals surface area contributed by atoms with Crippen LogP contribution in [0.25, 0.3) is 0 Å². The first kappa shape index (κ1) is 18.8. The van der Waals surface area contributed by atoms with Crippen molar-refractivity contribution in [3.63, 3.8) is 0 Å². The molecule has 2 aromatic rings. The van der Waals surface area contributed by atoms with Crippen LogP contribution >= 0.6 is 0 Å². The minimum atomic E-state index is -1.09. The fourth-order valence-corrected chi connectivity index (χ4v) is 3.18. The summed E-state index contributed by atoms with van der Waals surface area (Å²) >= 11 is 0. The number of nitrogens with zero attached hydrogens (tertiary/aromatic N) is 1. The van der Waals surface area contributed by atoms with Gasteiger partial charge in [-0.1, -0.05) is 37.3 Å². The zero-order valence-electron chi connectivity index (χ0n) is 14.7. The van der Waals surface area contributed by atoms with E-state index in [-0.39, 0.29) is 18.6 Å². The molecule has 1 unspecified atom stereocenters. The highest BCUT2D eigenvalue weighted by atomic mass is 19.1. The van der Waals surface area contributed by atoms with Crippen LogP contribution in [-0.4, -0.2) is 34.7 Å². The molecule has 0 radical (unpaired) electrons. The van der Waals surface area contributed by atoms with E-state index in [0.29, 0.717) is 6.42 Å². The molecule has 3 rings (SSSR count). The van der Waals surface area contributed by atoms with Gasteiger partial charge in [0.1, 0.15) is 6.61 Å². The van der Waals surface area contributed by atoms with Gasteiger partial charge in [0.2, 0.25) is 5.91 Å². The van der Waals surface area contributed by atoms with Crippen LogP contribution in [0.5, 0.6) is 5.75 Å². The molecule has 0 spiro atoms. The van der Waals surface area contributed by atoms with Crippen LogP contribution < -0.4 is 0 Å². The normalized spacial score (nSPS) is 17.7. The SMILES string of the molecule is CC(Cc1cc(F)c(O)c(F)c1)C(=O)N1C(=O)OC[C@H]1Cc1ccccc1. The number of imide groups is 1. The van der Waals surface area contributed by atoms with E-state index in [1.165, 1.54) is 0 Å². The molecular weight excluding hydrogens is 356 g/mol. The van der Waals surface area contributed by atoms with Gasteiger partial charge in [0.25, 0.3) is 0 Å². The number of carbonyl (C=O) groups excluding carboxylic acids is 2. The van der Waals surface area contributed by atoms with E-state index in [0.717, 1.165) is 22.6 Å². The minimum absolute atomic E-state index is 0.0226. The Morgan fingerprint density at radius 3 is 2.48 bits per heavy atom. The number of halogens is 2. The van der Waals surface area contributed by atoms with Crippen molar-refractivity contribution in [3.8, 4) is 5.75 Å². The third-order valence-corrected chi connectivity index (χ3v) is 4.55. The number of aromatic hydroxyl groups is 1. The number of hydrogen-bond donors (Lipinski definition) is 1. The maximum Gasteiger partial charge on any atom is 0.416 e. The molecule has 2 amide bonds. The molecule has 2 atom stereocenters. The maximum absolute atomic E-state index is 13.5. The Morgan fingerprint density at radius 2 is 1.85 bits per heavy atom. The highest BCUT2D eigenvalue weighted by molar-refractivity contribution is 5.94. The van der Waals surface area contributed by atoms with Gasteiger partial charge in [-0.25, -0.2) is 18.5 Å². The first-order valence-electron chi connectivity index (χ1n) is 8.57. The predicted molar refractivity (Wildman–Crippen MR) is 93.0 cm³/mol. The zero-order chi connectivity index (χ0) is 19.6. The molecule has 5 nitrogen and oxygen atoms in total. The number of ether oxygens (including phenoxy) is 1. The average Bonchev–Trinajstić information content (AvgIpc) is 3.00. The van der Waals surface area contributed by atoms with Crippen LogP contribution in [0.4, 0.5) is 13.6 Å². The van der Waals surface area contributed by atoms with Crippen molar-refractivity contribution in [2.45, 2.75) is 25.8 Å². The smallest absolute Gasteiger partial charge is 0.416 e. The minimum Gasteiger partial charge on any atom is -0.503 e. The summed E-state index contributed by atoms with van der Waals surface area (Å²) in [4.78, 5) is 25.9. The van der Waals surface area contributed by atoms with E-state index in [9.17, 15) is 18.4 Å². The van der Waals surface area contributed by atoms with Crippen LogP contribution in [0.1, 0.15) is 18.1 Å². The lowest BCUT2D eigenvalue weighted by molar-refractivity contribution is -0.132. The third-order valence-electron chi connectivity index (χ3n) is 4.55. The summed E-state index contributed by atoms with van der Waals surface area (Å²) in [6.07, 6.45) is -0.224. The molecule has 27 heavy (non-hydrogen) atoms. The van der Waals surface area contributed by atoms with E-state index >= 15 is 0 Å². The molecule has 0 saturated carbocycles. The summed E-state index contributed by atoms with van der Waals surface area (Å²) < 4.78 is 32.0. The van der Waals surface area contributed by atoms with Crippen LogP contribution in [0, 0.1) is 17.6 Å². The molecule has 1 N–H and O–H groups in total. The van der Waals surface area contributed by atoms with Crippen molar-refractivity contribution in [1.82, 2.24) is 4.90 Å². The molecule has 1 fully saturated rings. The third kappa shape index (κ3) is 4.07. The van der Waals surface area contributed by atoms with Crippen molar-refractivity contribution in [1.29, 1.82) is 0 Å². The van der Waals surface area contributed by atoms with E-state index in [1.54, 1.807) is 6.92 Å². The van der Waals surface area contributed by atoms with Gasteiger partial charge in [-0.2, -0.15) is 0 Å². The molecule has 0 aliphatic carbocycles. The largest absolute Gasteiger partial charge is 0.503 e. The number of carbonyl (C=O) groups is 2. The van der Waals surface area contributed by atoms with Gasteiger partial charge in [0, 0.05) is 5.92 Å². The number of phenolic OH excluding ortho intramolecular Hbond substituents is 1. The van der Waals surface area contributed by atoms with Crippen molar-refractivity contribution in [2.24, 2.45) is 5.92 Å². The summed E-state index contributed by atoms with van der Waals surface area (Å²) in [7, 11) is 0. The number of phenols is 1. The first-order chi connectivity index (χ1) is 12.9. The van der Waals surface area contributed by atoms with Crippen molar-refractivity contribution in [2.75, 3.05) is 6.61 Å². The molecule has 2 aromatic carbocycles. The molecule has 1 saturated heterocycles. The molecule has 0 aromatic heterocycles. The van der Waals surface area contributed by atoms with E-state index < -0.39 is 41.3 Å². The topological polar surface area (TPSA) is 66.8 Å². The lowest BCUT2D eigenvalue weighted by Gasteiger charge is -2.23. The second-order valence-corrected chi connectivity index (χ2v) is 6.64. The summed E-state index contributed by atoms with van der Waals surface area (Å²) in [5, 5.41) is 9.17. The molecule has 0 bridgehead atoms. The second-order valence-electron chi connectivity index (χ2n) is 6.64. The zero-order valence-corrected chi connectivity index (χ0v) is 14.7. The highest BCUT2D eigenvalue weighted by Gasteiger charge is 2.39. The second kappa shape index (κ2) is 7.73. The van der Waals surface area contributed by atoms with Crippen molar-refractivity contribution < 1.29 is 28.2 Å². The van der Waals surface area contributed by atoms with Gasteiger partial charge in [-0.15, -0.1) is 0 Å². The summed E-state index contributed by atoms with van der Waals surface area (Å²) in [5.41, 5.74) is 1.18. The number of hydrogen-bond acceptors (Lipinski definition) is 4. The Hall–Kier alpha value is -2.96. The van der Waals surface area contributed by atoms with Crippen LogP contribution in [0.2, 0.25) is 0 Å². The van der Waals surface area contributed by atoms with E-state index in [4.69, 9.17) is 9.84 Å². The Morgan fingerprint density at radius 1 is 1.22 bits per heavy atom. The maximum atomic E-state index is 13.5. The predicted octanol–water partition coefficient (Wildman–Crippen LogP) is 3.44. The Balaban J connectivity index is 1.73. The summed E-state index contributed by atoms with van der Waals surface area (Å²) in [5.74, 6) is -4.40. The van der Waals surface area contributed by atoms with Gasteiger partial charge in [-0.3, -0.25) is 4.79 Å². The Kier molecular flexibility index (Phi) is 5.39. The summed E-state index contributed by atoms with van der Waals surface area (Å²) in [6.45, 7) is 1.69. The Labute approximate surface area is 155 Å². The van der Waals surface area contributed by atoms with Gasteiger partial charge in [0.05, 0.1) is 6.04 Å². The molecule has 7 heteroatoms. The monoisotopic (exact) mass is 375 g/mol. The number of rotatable bonds is 5. The lowest BCUT2D eigenvalue weighted by Crippen LogP contribution is -2.43. The molecule has 1 heterocycles. The van der Waals surface area contributed by atoms with Gasteiger partial charge in [0.15, 0.2) is 17.4 Å². The van der Waals surface area contributed by atoms with Gasteiger partial charge < -0.3 is 9.84 Å². The van der Waals surface area contributed by atoms with E-state index in [1.807, 2.05) is 30.3 Å².